The zero-order valence-corrected chi connectivity index (χ0v) is 15.1. The number of hydrogen-bond acceptors (Lipinski definition) is 4. The summed E-state index contributed by atoms with van der Waals surface area (Å²) >= 11 is 0. The second-order valence-electron chi connectivity index (χ2n) is 6.84. The first-order valence-electron chi connectivity index (χ1n) is 8.72. The van der Waals surface area contributed by atoms with E-state index in [1.54, 1.807) is 12.5 Å². The van der Waals surface area contributed by atoms with Crippen LogP contribution in [-0.2, 0) is 16.6 Å². The van der Waals surface area contributed by atoms with E-state index in [0.29, 0.717) is 25.0 Å². The molecule has 23 heavy (non-hydrogen) atoms. The van der Waals surface area contributed by atoms with Crippen molar-refractivity contribution in [3.63, 3.8) is 0 Å². The molecule has 2 N–H and O–H groups in total. The Morgan fingerprint density at radius 1 is 1.22 bits per heavy atom. The molecule has 7 heteroatoms. The normalized spacial score (nSPS) is 17.5. The summed E-state index contributed by atoms with van der Waals surface area (Å²) in [5.74, 6) is 0.455. The molecule has 0 atom stereocenters. The molecular weight excluding hydrogens is 312 g/mol. The van der Waals surface area contributed by atoms with Crippen LogP contribution in [0.25, 0.3) is 0 Å². The van der Waals surface area contributed by atoms with Gasteiger partial charge in [-0.1, -0.05) is 39.5 Å². The average molecular weight is 343 g/mol. The van der Waals surface area contributed by atoms with Crippen LogP contribution in [0.15, 0.2) is 17.6 Å². The summed E-state index contributed by atoms with van der Waals surface area (Å²) in [6.45, 7) is 6.01. The maximum atomic E-state index is 12.2. The van der Waals surface area contributed by atoms with Crippen molar-refractivity contribution < 1.29 is 8.42 Å². The van der Waals surface area contributed by atoms with E-state index in [1.165, 1.54) is 38.5 Å². The fourth-order valence-corrected chi connectivity index (χ4v) is 4.00. The Bertz CT molecular complexity index is 560. The summed E-state index contributed by atoms with van der Waals surface area (Å²) in [4.78, 5) is 4.01. The van der Waals surface area contributed by atoms with Gasteiger partial charge in [0.2, 0.25) is 0 Å². The highest BCUT2D eigenvalue weighted by Crippen LogP contribution is 2.16. The number of aromatic nitrogens is 2. The lowest BCUT2D eigenvalue weighted by Gasteiger charge is -2.16. The molecule has 0 spiro atoms. The molecule has 0 radical (unpaired) electrons. The number of rotatable bonds is 8. The van der Waals surface area contributed by atoms with Gasteiger partial charge in [-0.15, -0.1) is 0 Å². The molecule has 1 aromatic rings. The van der Waals surface area contributed by atoms with E-state index < -0.39 is 10.0 Å². The van der Waals surface area contributed by atoms with Crippen LogP contribution >= 0.6 is 0 Å². The molecule has 0 amide bonds. The lowest BCUT2D eigenvalue weighted by atomic mass is 10.1. The summed E-state index contributed by atoms with van der Waals surface area (Å²) < 4.78 is 28.9. The maximum Gasteiger partial charge on any atom is 0.259 e. The zero-order valence-electron chi connectivity index (χ0n) is 14.3. The summed E-state index contributed by atoms with van der Waals surface area (Å²) in [6, 6.07) is 0.534. The number of imidazole rings is 1. The van der Waals surface area contributed by atoms with Crippen molar-refractivity contribution in [2.24, 2.45) is 5.92 Å². The van der Waals surface area contributed by atoms with Gasteiger partial charge < -0.3 is 9.88 Å². The monoisotopic (exact) mass is 342 g/mol. The van der Waals surface area contributed by atoms with Gasteiger partial charge in [-0.05, 0) is 18.8 Å². The van der Waals surface area contributed by atoms with E-state index in [2.05, 4.69) is 28.9 Å². The Morgan fingerprint density at radius 2 is 1.91 bits per heavy atom. The van der Waals surface area contributed by atoms with Crippen LogP contribution in [0.1, 0.15) is 52.4 Å². The first-order chi connectivity index (χ1) is 11.0. The quantitative estimate of drug-likeness (QED) is 0.560. The summed E-state index contributed by atoms with van der Waals surface area (Å²) in [6.07, 6.45) is 10.8. The number of hydrogen-bond donors (Lipinski definition) is 2. The number of nitrogens with one attached hydrogen (secondary N) is 2. The Hall–Kier alpha value is -0.920. The lowest BCUT2D eigenvalue weighted by Crippen LogP contribution is -2.37. The van der Waals surface area contributed by atoms with Crippen LogP contribution in [0.2, 0.25) is 0 Å². The molecule has 0 aromatic carbocycles. The maximum absolute atomic E-state index is 12.2. The van der Waals surface area contributed by atoms with Crippen molar-refractivity contribution in [3.05, 3.63) is 12.5 Å². The standard InChI is InChI=1S/C16H30N4O2S/c1-14(2)11-20-12-16(18-13-20)23(21,22)19-10-9-17-15-7-5-3-4-6-8-15/h12-15,17,19H,3-11H2,1-2H3. The van der Waals surface area contributed by atoms with Gasteiger partial charge in [0.1, 0.15) is 0 Å². The van der Waals surface area contributed by atoms with Gasteiger partial charge in [-0.2, -0.15) is 0 Å². The smallest absolute Gasteiger partial charge is 0.259 e. The second-order valence-corrected chi connectivity index (χ2v) is 8.56. The summed E-state index contributed by atoms with van der Waals surface area (Å²) in [5.41, 5.74) is 0. The summed E-state index contributed by atoms with van der Waals surface area (Å²) in [7, 11) is -3.51. The van der Waals surface area contributed by atoms with Crippen LogP contribution in [0.3, 0.4) is 0 Å². The fraction of sp³-hybridized carbons (Fsp3) is 0.812. The minimum Gasteiger partial charge on any atom is -0.336 e. The number of sulfonamides is 1. The Kier molecular flexibility index (Phi) is 7.05. The number of nitrogens with zero attached hydrogens (tertiary/aromatic N) is 2. The second kappa shape index (κ2) is 8.80. The minimum absolute atomic E-state index is 0.104. The van der Waals surface area contributed by atoms with Crippen LogP contribution in [0.4, 0.5) is 0 Å². The predicted molar refractivity (Wildman–Crippen MR) is 91.7 cm³/mol. The Balaban J connectivity index is 1.76. The molecule has 0 bridgehead atoms. The van der Waals surface area contributed by atoms with E-state index in [0.717, 1.165) is 6.54 Å². The summed E-state index contributed by atoms with van der Waals surface area (Å²) in [5, 5.41) is 3.57. The van der Waals surface area contributed by atoms with E-state index in [-0.39, 0.29) is 5.03 Å². The molecule has 132 valence electrons. The van der Waals surface area contributed by atoms with Crippen LogP contribution in [0, 0.1) is 5.92 Å². The van der Waals surface area contributed by atoms with Crippen LogP contribution < -0.4 is 10.0 Å². The van der Waals surface area contributed by atoms with Gasteiger partial charge in [-0.25, -0.2) is 18.1 Å². The van der Waals surface area contributed by atoms with E-state index in [9.17, 15) is 8.42 Å². The van der Waals surface area contributed by atoms with Gasteiger partial charge in [0.25, 0.3) is 10.0 Å². The van der Waals surface area contributed by atoms with Crippen LogP contribution in [0.5, 0.6) is 0 Å². The molecule has 0 unspecified atom stereocenters. The third-order valence-corrected chi connectivity index (χ3v) is 5.51. The molecule has 1 saturated carbocycles. The van der Waals surface area contributed by atoms with Gasteiger partial charge >= 0.3 is 0 Å². The molecular formula is C16H30N4O2S. The molecule has 6 nitrogen and oxygen atoms in total. The SMILES string of the molecule is CC(C)Cn1cnc(S(=O)(=O)NCCNC2CCCCCC2)c1. The third kappa shape index (κ3) is 6.24. The van der Waals surface area contributed by atoms with Gasteiger partial charge in [0, 0.05) is 31.9 Å². The highest BCUT2D eigenvalue weighted by molar-refractivity contribution is 7.89. The zero-order chi connectivity index (χ0) is 16.7. The van der Waals surface area contributed by atoms with Crippen molar-refractivity contribution in [1.29, 1.82) is 0 Å². The molecule has 2 rings (SSSR count). The largest absolute Gasteiger partial charge is 0.336 e. The highest BCUT2D eigenvalue weighted by Gasteiger charge is 2.17. The first kappa shape index (κ1) is 18.4. The molecule has 0 saturated heterocycles. The van der Waals surface area contributed by atoms with Crippen molar-refractivity contribution in [2.75, 3.05) is 13.1 Å². The predicted octanol–water partition coefficient (Wildman–Crippen LogP) is 2.13. The van der Waals surface area contributed by atoms with E-state index >= 15 is 0 Å². The third-order valence-electron chi connectivity index (χ3n) is 4.17. The molecule has 1 fully saturated rings. The van der Waals surface area contributed by atoms with Crippen molar-refractivity contribution >= 4 is 10.0 Å². The molecule has 0 aliphatic heterocycles. The molecule has 1 aromatic heterocycles. The first-order valence-corrected chi connectivity index (χ1v) is 10.2. The lowest BCUT2D eigenvalue weighted by molar-refractivity contribution is 0.461. The van der Waals surface area contributed by atoms with Crippen molar-refractivity contribution in [3.8, 4) is 0 Å². The minimum atomic E-state index is -3.51. The van der Waals surface area contributed by atoms with E-state index in [1.807, 2.05) is 4.57 Å². The molecule has 1 heterocycles. The van der Waals surface area contributed by atoms with Gasteiger partial charge in [0.15, 0.2) is 5.03 Å². The van der Waals surface area contributed by atoms with Gasteiger partial charge in [-0.3, -0.25) is 0 Å². The molecule has 1 aliphatic carbocycles. The van der Waals surface area contributed by atoms with Gasteiger partial charge in [0.05, 0.1) is 6.33 Å². The van der Waals surface area contributed by atoms with E-state index in [4.69, 9.17) is 0 Å². The topological polar surface area (TPSA) is 76.0 Å². The highest BCUT2D eigenvalue weighted by atomic mass is 32.2. The van der Waals surface area contributed by atoms with Crippen LogP contribution in [-0.4, -0.2) is 37.1 Å². The fourth-order valence-electron chi connectivity index (χ4n) is 3.02. The Morgan fingerprint density at radius 3 is 2.57 bits per heavy atom. The average Bonchev–Trinajstić information content (AvgIpc) is 2.80. The van der Waals surface area contributed by atoms with Crippen molar-refractivity contribution in [1.82, 2.24) is 19.6 Å². The van der Waals surface area contributed by atoms with Crippen molar-refractivity contribution in [2.45, 2.75) is 70.0 Å². The Labute approximate surface area is 140 Å². The molecule has 1 aliphatic rings.